The minimum Gasteiger partial charge on any atom is -0.468 e. The van der Waals surface area contributed by atoms with Crippen molar-refractivity contribution in [1.82, 2.24) is 14.9 Å². The third kappa shape index (κ3) is 2.97. The van der Waals surface area contributed by atoms with Crippen LogP contribution in [0.15, 0.2) is 29.1 Å². The summed E-state index contributed by atoms with van der Waals surface area (Å²) in [4.78, 5) is 4.22. The highest BCUT2D eigenvalue weighted by atomic mass is 16.3. The van der Waals surface area contributed by atoms with Gasteiger partial charge in [0.15, 0.2) is 0 Å². The van der Waals surface area contributed by atoms with Gasteiger partial charge in [0, 0.05) is 24.0 Å². The molecule has 1 N–H and O–H groups in total. The molecule has 0 aromatic carbocycles. The molecule has 4 heteroatoms. The first-order valence-corrected chi connectivity index (χ1v) is 5.93. The lowest BCUT2D eigenvalue weighted by atomic mass is 10.2. The molecule has 0 unspecified atom stereocenters. The quantitative estimate of drug-likeness (QED) is 0.862. The van der Waals surface area contributed by atoms with Crippen molar-refractivity contribution < 1.29 is 4.42 Å². The minimum atomic E-state index is 0.461. The molecular formula is C13H19N3O. The molecule has 0 amide bonds. The number of hydrogen-bond donors (Lipinski definition) is 1. The average molecular weight is 233 g/mol. The number of imidazole rings is 1. The van der Waals surface area contributed by atoms with Crippen molar-refractivity contribution in [3.63, 3.8) is 0 Å². The van der Waals surface area contributed by atoms with Gasteiger partial charge in [-0.2, -0.15) is 0 Å². The molecule has 2 heterocycles. The van der Waals surface area contributed by atoms with E-state index < -0.39 is 0 Å². The molecule has 4 nitrogen and oxygen atoms in total. The van der Waals surface area contributed by atoms with E-state index in [-0.39, 0.29) is 0 Å². The third-order valence-corrected chi connectivity index (χ3v) is 2.77. The van der Waals surface area contributed by atoms with Gasteiger partial charge in [0.05, 0.1) is 19.4 Å². The van der Waals surface area contributed by atoms with Crippen LogP contribution in [-0.2, 0) is 13.1 Å². The Hall–Kier alpha value is -1.55. The molecule has 0 atom stereocenters. The number of aryl methyl sites for hydroxylation is 1. The molecule has 0 radical (unpaired) electrons. The first-order chi connectivity index (χ1) is 8.16. The maximum absolute atomic E-state index is 5.51. The standard InChI is InChI=1S/C13H19N3O/c1-10(2)15-8-13-12(4-7-17-13)9-16-6-5-14-11(16)3/h4-7,10,15H,8-9H2,1-3H3. The van der Waals surface area contributed by atoms with Crippen LogP contribution in [0.5, 0.6) is 0 Å². The van der Waals surface area contributed by atoms with E-state index in [0.29, 0.717) is 6.04 Å². The molecule has 0 bridgehead atoms. The second-order valence-corrected chi connectivity index (χ2v) is 4.51. The Labute approximate surface area is 102 Å². The monoisotopic (exact) mass is 233 g/mol. The number of aromatic nitrogens is 2. The van der Waals surface area contributed by atoms with Crippen LogP contribution >= 0.6 is 0 Å². The summed E-state index contributed by atoms with van der Waals surface area (Å²) in [6.45, 7) is 7.85. The van der Waals surface area contributed by atoms with Gasteiger partial charge >= 0.3 is 0 Å². The van der Waals surface area contributed by atoms with Crippen molar-refractivity contribution in [2.75, 3.05) is 0 Å². The van der Waals surface area contributed by atoms with Crippen LogP contribution in [0.3, 0.4) is 0 Å². The zero-order valence-electron chi connectivity index (χ0n) is 10.6. The van der Waals surface area contributed by atoms with Crippen molar-refractivity contribution in [2.24, 2.45) is 0 Å². The minimum absolute atomic E-state index is 0.461. The molecule has 92 valence electrons. The summed E-state index contributed by atoms with van der Waals surface area (Å²) in [7, 11) is 0. The summed E-state index contributed by atoms with van der Waals surface area (Å²) < 4.78 is 7.62. The van der Waals surface area contributed by atoms with Gasteiger partial charge in [-0.25, -0.2) is 4.98 Å². The summed E-state index contributed by atoms with van der Waals surface area (Å²) >= 11 is 0. The van der Waals surface area contributed by atoms with Gasteiger partial charge < -0.3 is 14.3 Å². The second kappa shape index (κ2) is 5.19. The van der Waals surface area contributed by atoms with Crippen molar-refractivity contribution in [3.8, 4) is 0 Å². The summed E-state index contributed by atoms with van der Waals surface area (Å²) in [6, 6.07) is 2.49. The molecule has 0 saturated heterocycles. The SMILES string of the molecule is Cc1nccn1Cc1ccoc1CNC(C)C. The van der Waals surface area contributed by atoms with Gasteiger partial charge in [-0.05, 0) is 13.0 Å². The fourth-order valence-electron chi connectivity index (χ4n) is 1.71. The number of nitrogens with one attached hydrogen (secondary N) is 1. The Bertz CT molecular complexity index is 470. The number of nitrogens with zero attached hydrogens (tertiary/aromatic N) is 2. The number of furan rings is 1. The zero-order chi connectivity index (χ0) is 12.3. The smallest absolute Gasteiger partial charge is 0.122 e. The first kappa shape index (κ1) is 11.9. The lowest BCUT2D eigenvalue weighted by Gasteiger charge is -2.09. The predicted molar refractivity (Wildman–Crippen MR) is 66.7 cm³/mol. The van der Waals surface area contributed by atoms with E-state index in [1.807, 2.05) is 25.4 Å². The molecule has 2 aromatic rings. The zero-order valence-corrected chi connectivity index (χ0v) is 10.6. The van der Waals surface area contributed by atoms with Crippen LogP contribution in [0, 0.1) is 6.92 Å². The van der Waals surface area contributed by atoms with E-state index in [1.165, 1.54) is 5.56 Å². The molecule has 0 saturated carbocycles. The second-order valence-electron chi connectivity index (χ2n) is 4.51. The number of hydrogen-bond acceptors (Lipinski definition) is 3. The lowest BCUT2D eigenvalue weighted by Crippen LogP contribution is -2.22. The van der Waals surface area contributed by atoms with Crippen LogP contribution in [0.1, 0.15) is 31.0 Å². The Balaban J connectivity index is 2.06. The molecule has 2 aromatic heterocycles. The van der Waals surface area contributed by atoms with E-state index in [1.54, 1.807) is 6.26 Å². The van der Waals surface area contributed by atoms with Crippen LogP contribution in [0.4, 0.5) is 0 Å². The molecular weight excluding hydrogens is 214 g/mol. The molecule has 0 fully saturated rings. The van der Waals surface area contributed by atoms with Crippen LogP contribution in [-0.4, -0.2) is 15.6 Å². The summed E-state index contributed by atoms with van der Waals surface area (Å²) in [5, 5.41) is 3.36. The lowest BCUT2D eigenvalue weighted by molar-refractivity contribution is 0.459. The first-order valence-electron chi connectivity index (χ1n) is 5.93. The third-order valence-electron chi connectivity index (χ3n) is 2.77. The summed E-state index contributed by atoms with van der Waals surface area (Å²) in [5.74, 6) is 2.03. The Morgan fingerprint density at radius 3 is 2.94 bits per heavy atom. The Morgan fingerprint density at radius 1 is 1.47 bits per heavy atom. The van der Waals surface area contributed by atoms with Gasteiger partial charge in [0.25, 0.3) is 0 Å². The Morgan fingerprint density at radius 2 is 2.29 bits per heavy atom. The van der Waals surface area contributed by atoms with Gasteiger partial charge in [-0.3, -0.25) is 0 Å². The normalized spacial score (nSPS) is 11.3. The van der Waals surface area contributed by atoms with E-state index in [9.17, 15) is 0 Å². The van der Waals surface area contributed by atoms with E-state index in [0.717, 1.165) is 24.7 Å². The van der Waals surface area contributed by atoms with Gasteiger partial charge in [-0.15, -0.1) is 0 Å². The topological polar surface area (TPSA) is 43.0 Å². The molecule has 0 aliphatic rings. The number of rotatable bonds is 5. The van der Waals surface area contributed by atoms with E-state index in [4.69, 9.17) is 4.42 Å². The van der Waals surface area contributed by atoms with Crippen LogP contribution in [0.2, 0.25) is 0 Å². The molecule has 17 heavy (non-hydrogen) atoms. The largest absolute Gasteiger partial charge is 0.468 e. The van der Waals surface area contributed by atoms with Crippen molar-refractivity contribution in [2.45, 2.75) is 39.9 Å². The van der Waals surface area contributed by atoms with E-state index >= 15 is 0 Å². The fraction of sp³-hybridized carbons (Fsp3) is 0.462. The van der Waals surface area contributed by atoms with Gasteiger partial charge in [-0.1, -0.05) is 13.8 Å². The van der Waals surface area contributed by atoms with Crippen molar-refractivity contribution >= 4 is 0 Å². The maximum Gasteiger partial charge on any atom is 0.122 e. The van der Waals surface area contributed by atoms with Crippen LogP contribution in [0.25, 0.3) is 0 Å². The molecule has 0 aliphatic heterocycles. The highest BCUT2D eigenvalue weighted by molar-refractivity contribution is 5.18. The van der Waals surface area contributed by atoms with Gasteiger partial charge in [0.2, 0.25) is 0 Å². The summed E-state index contributed by atoms with van der Waals surface area (Å²) in [6.07, 6.45) is 5.56. The fourth-order valence-corrected chi connectivity index (χ4v) is 1.71. The predicted octanol–water partition coefficient (Wildman–Crippen LogP) is 2.33. The molecule has 2 rings (SSSR count). The summed E-state index contributed by atoms with van der Waals surface area (Å²) in [5.41, 5.74) is 1.21. The van der Waals surface area contributed by atoms with E-state index in [2.05, 4.69) is 28.7 Å². The van der Waals surface area contributed by atoms with Crippen molar-refractivity contribution in [3.05, 3.63) is 41.9 Å². The average Bonchev–Trinajstić information content (AvgIpc) is 2.87. The van der Waals surface area contributed by atoms with Gasteiger partial charge in [0.1, 0.15) is 11.6 Å². The highest BCUT2D eigenvalue weighted by Crippen LogP contribution is 2.13. The molecule has 0 aliphatic carbocycles. The highest BCUT2D eigenvalue weighted by Gasteiger charge is 2.08. The Kier molecular flexibility index (Phi) is 3.64. The van der Waals surface area contributed by atoms with Crippen molar-refractivity contribution in [1.29, 1.82) is 0 Å². The molecule has 0 spiro atoms. The maximum atomic E-state index is 5.51. The van der Waals surface area contributed by atoms with Crippen LogP contribution < -0.4 is 5.32 Å².